The maximum atomic E-state index is 11.0. The minimum Gasteiger partial charge on any atom is -0.504 e. The molecule has 0 amide bonds. The lowest BCUT2D eigenvalue weighted by molar-refractivity contribution is -0.385. The molecule has 22 heavy (non-hydrogen) atoms. The monoisotopic (exact) mass is 369 g/mol. The van der Waals surface area contributed by atoms with Crippen molar-refractivity contribution in [2.24, 2.45) is 5.10 Å². The number of benzene rings is 1. The largest absolute Gasteiger partial charge is 0.504 e. The highest BCUT2D eigenvalue weighted by Gasteiger charge is 2.22. The molecule has 0 spiro atoms. The topological polar surface area (TPSA) is 129 Å². The average molecular weight is 370 g/mol. The molecule has 10 heteroatoms. The molecule has 1 heterocycles. The third kappa shape index (κ3) is 2.86. The number of ether oxygens (including phenoxy) is 1. The molecule has 3 N–H and O–H groups in total. The van der Waals surface area contributed by atoms with E-state index in [1.54, 1.807) is 13.1 Å². The molecule has 0 aliphatic rings. The molecule has 9 nitrogen and oxygen atoms in total. The fraction of sp³-hybridized carbons (Fsp3) is 0.167. The second-order valence-electron chi connectivity index (χ2n) is 4.26. The normalized spacial score (nSPS) is 11.0. The summed E-state index contributed by atoms with van der Waals surface area (Å²) in [6, 6.07) is 1.12. The Morgan fingerprint density at radius 2 is 2.32 bits per heavy atom. The minimum atomic E-state index is -0.598. The van der Waals surface area contributed by atoms with Gasteiger partial charge >= 0.3 is 0 Å². The van der Waals surface area contributed by atoms with Gasteiger partial charge in [-0.2, -0.15) is 5.10 Å². The summed E-state index contributed by atoms with van der Waals surface area (Å²) in [6.07, 6.45) is 2.80. The Balaban J connectivity index is 2.56. The third-order valence-electron chi connectivity index (χ3n) is 2.78. The number of halogens is 1. The van der Waals surface area contributed by atoms with Crippen LogP contribution in [0.15, 0.2) is 21.8 Å². The van der Waals surface area contributed by atoms with Crippen LogP contribution in [0.4, 0.5) is 11.6 Å². The number of nitro benzene ring substituents is 1. The van der Waals surface area contributed by atoms with E-state index in [-0.39, 0.29) is 33.2 Å². The lowest BCUT2D eigenvalue weighted by Gasteiger charge is -2.08. The number of hydrogen-bond acceptors (Lipinski definition) is 7. The molecule has 0 atom stereocenters. The quantitative estimate of drug-likeness (QED) is 0.481. The molecule has 0 saturated heterocycles. The molecular formula is C12H12BrN5O4. The van der Waals surface area contributed by atoms with Crippen LogP contribution in [0.25, 0.3) is 0 Å². The molecular weight excluding hydrogens is 358 g/mol. The van der Waals surface area contributed by atoms with E-state index in [1.807, 2.05) is 0 Å². The van der Waals surface area contributed by atoms with Crippen molar-refractivity contribution in [3.63, 3.8) is 0 Å². The Morgan fingerprint density at radius 3 is 2.82 bits per heavy atom. The fourth-order valence-corrected chi connectivity index (χ4v) is 2.30. The molecule has 0 unspecified atom stereocenters. The molecule has 0 saturated carbocycles. The SMILES string of the molecule is COc1cc([N+](=O)[O-])c(Br)c(C=Nn2cc(C)nc2N)c1O. The molecule has 0 bridgehead atoms. The first-order valence-corrected chi connectivity index (χ1v) is 6.74. The number of nitro groups is 1. The summed E-state index contributed by atoms with van der Waals surface area (Å²) in [5, 5.41) is 25.2. The van der Waals surface area contributed by atoms with Crippen LogP contribution in [0.3, 0.4) is 0 Å². The second-order valence-corrected chi connectivity index (χ2v) is 5.05. The number of nitrogen functional groups attached to an aromatic ring is 1. The van der Waals surface area contributed by atoms with Crippen molar-refractivity contribution in [3.8, 4) is 11.5 Å². The van der Waals surface area contributed by atoms with Crippen LogP contribution in [0.1, 0.15) is 11.3 Å². The van der Waals surface area contributed by atoms with Crippen molar-refractivity contribution in [2.75, 3.05) is 12.8 Å². The number of aryl methyl sites for hydroxylation is 1. The van der Waals surface area contributed by atoms with Crippen LogP contribution in [0, 0.1) is 17.0 Å². The van der Waals surface area contributed by atoms with Crippen LogP contribution in [-0.2, 0) is 0 Å². The van der Waals surface area contributed by atoms with E-state index in [4.69, 9.17) is 10.5 Å². The number of methoxy groups -OCH3 is 1. The van der Waals surface area contributed by atoms with Gasteiger partial charge in [0.15, 0.2) is 11.5 Å². The van der Waals surface area contributed by atoms with E-state index in [0.717, 1.165) is 6.07 Å². The molecule has 0 aliphatic heterocycles. The maximum Gasteiger partial charge on any atom is 0.288 e. The summed E-state index contributed by atoms with van der Waals surface area (Å²) in [5.41, 5.74) is 6.14. The first-order chi connectivity index (χ1) is 10.3. The lowest BCUT2D eigenvalue weighted by Crippen LogP contribution is -2.00. The van der Waals surface area contributed by atoms with Gasteiger partial charge in [-0.25, -0.2) is 9.66 Å². The zero-order valence-corrected chi connectivity index (χ0v) is 13.2. The summed E-state index contributed by atoms with van der Waals surface area (Å²) in [5.74, 6) is -0.160. The fourth-order valence-electron chi connectivity index (χ4n) is 1.75. The zero-order valence-electron chi connectivity index (χ0n) is 11.6. The number of imidazole rings is 1. The average Bonchev–Trinajstić information content (AvgIpc) is 2.76. The van der Waals surface area contributed by atoms with Gasteiger partial charge in [-0.15, -0.1) is 0 Å². The molecule has 2 rings (SSSR count). The number of rotatable bonds is 4. The van der Waals surface area contributed by atoms with E-state index in [9.17, 15) is 15.2 Å². The Kier molecular flexibility index (Phi) is 4.31. The molecule has 1 aromatic heterocycles. The summed E-state index contributed by atoms with van der Waals surface area (Å²) >= 11 is 3.09. The van der Waals surface area contributed by atoms with Gasteiger partial charge in [-0.1, -0.05) is 0 Å². The van der Waals surface area contributed by atoms with E-state index >= 15 is 0 Å². The molecule has 0 radical (unpaired) electrons. The predicted molar refractivity (Wildman–Crippen MR) is 83.4 cm³/mol. The number of nitrogens with two attached hydrogens (primary N) is 1. The van der Waals surface area contributed by atoms with Crippen LogP contribution < -0.4 is 10.5 Å². The lowest BCUT2D eigenvalue weighted by atomic mass is 10.1. The highest BCUT2D eigenvalue weighted by molar-refractivity contribution is 9.10. The molecule has 116 valence electrons. The minimum absolute atomic E-state index is 0.0360. The Labute approximate surface area is 133 Å². The zero-order chi connectivity index (χ0) is 16.4. The Bertz CT molecular complexity index is 771. The van der Waals surface area contributed by atoms with E-state index in [0.29, 0.717) is 5.69 Å². The smallest absolute Gasteiger partial charge is 0.288 e. The van der Waals surface area contributed by atoms with Gasteiger partial charge in [0.25, 0.3) is 5.69 Å². The Morgan fingerprint density at radius 1 is 1.64 bits per heavy atom. The van der Waals surface area contributed by atoms with E-state index in [1.165, 1.54) is 18.0 Å². The number of phenolic OH excluding ortho intramolecular Hbond substituents is 1. The van der Waals surface area contributed by atoms with Crippen molar-refractivity contribution in [2.45, 2.75) is 6.92 Å². The first-order valence-electron chi connectivity index (χ1n) is 5.94. The van der Waals surface area contributed by atoms with Crippen LogP contribution >= 0.6 is 15.9 Å². The number of nitrogens with zero attached hydrogens (tertiary/aromatic N) is 4. The van der Waals surface area contributed by atoms with Gasteiger partial charge in [0.1, 0.15) is 4.47 Å². The van der Waals surface area contributed by atoms with Gasteiger partial charge in [0.2, 0.25) is 5.95 Å². The highest BCUT2D eigenvalue weighted by Crippen LogP contribution is 2.40. The van der Waals surface area contributed by atoms with Crippen molar-refractivity contribution in [1.29, 1.82) is 0 Å². The number of phenols is 1. The molecule has 0 fully saturated rings. The number of hydrogen-bond donors (Lipinski definition) is 2. The Hall–Kier alpha value is -2.62. The summed E-state index contributed by atoms with van der Waals surface area (Å²) in [4.78, 5) is 14.4. The van der Waals surface area contributed by atoms with Crippen molar-refractivity contribution in [1.82, 2.24) is 9.66 Å². The third-order valence-corrected chi connectivity index (χ3v) is 3.61. The second kappa shape index (κ2) is 6.02. The van der Waals surface area contributed by atoms with Crippen LogP contribution in [0.2, 0.25) is 0 Å². The van der Waals surface area contributed by atoms with Crippen LogP contribution in [-0.4, -0.2) is 33.0 Å². The molecule has 1 aromatic carbocycles. The van der Waals surface area contributed by atoms with Crippen molar-refractivity contribution in [3.05, 3.63) is 38.1 Å². The first kappa shape index (κ1) is 15.8. The van der Waals surface area contributed by atoms with Gasteiger partial charge in [0.05, 0.1) is 41.8 Å². The van der Waals surface area contributed by atoms with Crippen LogP contribution in [0.5, 0.6) is 11.5 Å². The van der Waals surface area contributed by atoms with E-state index in [2.05, 4.69) is 26.0 Å². The van der Waals surface area contributed by atoms with Gasteiger partial charge in [-0.05, 0) is 22.9 Å². The van der Waals surface area contributed by atoms with Gasteiger partial charge in [-0.3, -0.25) is 10.1 Å². The molecule has 0 aliphatic carbocycles. The van der Waals surface area contributed by atoms with Gasteiger partial charge in [0, 0.05) is 0 Å². The summed E-state index contributed by atoms with van der Waals surface area (Å²) in [7, 11) is 1.30. The number of anilines is 1. The number of aromatic hydroxyl groups is 1. The maximum absolute atomic E-state index is 11.0. The summed E-state index contributed by atoms with van der Waals surface area (Å²) < 4.78 is 6.29. The van der Waals surface area contributed by atoms with E-state index < -0.39 is 4.92 Å². The van der Waals surface area contributed by atoms with Crippen molar-refractivity contribution >= 4 is 33.8 Å². The molecule has 2 aromatic rings. The number of aromatic nitrogens is 2. The standard InChI is InChI=1S/C12H12BrN5O4/c1-6-5-17(12(14)16-6)15-4-7-10(13)8(18(20)21)3-9(22-2)11(7)19/h3-5,19H,1-2H3,(H2,14,16). The highest BCUT2D eigenvalue weighted by atomic mass is 79.9. The summed E-state index contributed by atoms with van der Waals surface area (Å²) in [6.45, 7) is 1.74. The predicted octanol–water partition coefficient (Wildman–Crippen LogP) is 2.04. The van der Waals surface area contributed by atoms with Crippen molar-refractivity contribution < 1.29 is 14.8 Å². The van der Waals surface area contributed by atoms with Gasteiger partial charge < -0.3 is 15.6 Å².